The molecule has 1 atom stereocenters. The second kappa shape index (κ2) is 15.1. The molecule has 1 heterocycles. The average Bonchev–Trinajstić information content (AvgIpc) is 2.99. The molecule has 4 rings (SSSR count). The molecule has 0 aliphatic carbocycles. The molecule has 4 N–H and O–H groups in total. The lowest BCUT2D eigenvalue weighted by molar-refractivity contribution is -0.142. The molecule has 3 amide bonds. The summed E-state index contributed by atoms with van der Waals surface area (Å²) in [6.45, 7) is 4.09. The fraction of sp³-hybridized carbons (Fsp3) is 0.290. The van der Waals surface area contributed by atoms with Crippen LogP contribution in [0.15, 0.2) is 66.7 Å². The second-order valence-corrected chi connectivity index (χ2v) is 9.91. The number of anilines is 1. The van der Waals surface area contributed by atoms with Crippen LogP contribution in [-0.4, -0.2) is 47.5 Å². The monoisotopic (exact) mass is 580 g/mol. The summed E-state index contributed by atoms with van der Waals surface area (Å²) in [4.78, 5) is 52.7. The lowest BCUT2D eigenvalue weighted by Gasteiger charge is -2.36. The van der Waals surface area contributed by atoms with Crippen molar-refractivity contribution in [3.8, 4) is 0 Å². The molecule has 0 saturated carbocycles. The summed E-state index contributed by atoms with van der Waals surface area (Å²) in [6, 6.07) is 18.3. The number of nitrogens with one attached hydrogen (secondary N) is 2. The molecule has 3 aromatic carbocycles. The summed E-state index contributed by atoms with van der Waals surface area (Å²) >= 11 is 5.91. The highest BCUT2D eigenvalue weighted by Crippen LogP contribution is 2.26. The Bertz CT molecular complexity index is 1400. The summed E-state index contributed by atoms with van der Waals surface area (Å²) in [5.41, 5.74) is 7.66. The van der Waals surface area contributed by atoms with Crippen LogP contribution in [0.5, 0.6) is 0 Å². The molecule has 0 aromatic heterocycles. The number of carbonyl (C=O) groups is 4. The van der Waals surface area contributed by atoms with E-state index < -0.39 is 30.2 Å². The zero-order valence-electron chi connectivity index (χ0n) is 23.1. The summed E-state index contributed by atoms with van der Waals surface area (Å²) in [5.74, 6) is -2.39. The van der Waals surface area contributed by atoms with Gasteiger partial charge < -0.3 is 21.3 Å². The van der Waals surface area contributed by atoms with Gasteiger partial charge in [-0.25, -0.2) is 4.39 Å². The van der Waals surface area contributed by atoms with Crippen LogP contribution in [0, 0.1) is 12.7 Å². The van der Waals surface area contributed by atoms with Gasteiger partial charge in [0.2, 0.25) is 17.7 Å². The second-order valence-electron chi connectivity index (χ2n) is 9.53. The Morgan fingerprint density at radius 3 is 2.29 bits per heavy atom. The fourth-order valence-electron chi connectivity index (χ4n) is 4.37. The SMILES string of the molecule is CCN.Cc1ccc(NC(=O)CNC(=O)[C@@H]2Cc3ccccc3CN2C(=O)CCC(=O)c2ccccc2)c(F)c1Cl. The number of ketones is 1. The number of nitrogens with two attached hydrogens (primary N) is 1. The maximum Gasteiger partial charge on any atom is 0.243 e. The number of rotatable bonds is 8. The van der Waals surface area contributed by atoms with Gasteiger partial charge in [-0.3, -0.25) is 19.2 Å². The smallest absolute Gasteiger partial charge is 0.243 e. The van der Waals surface area contributed by atoms with Crippen LogP contribution in [0.3, 0.4) is 0 Å². The van der Waals surface area contributed by atoms with E-state index in [2.05, 4.69) is 10.6 Å². The summed E-state index contributed by atoms with van der Waals surface area (Å²) in [7, 11) is 0. The van der Waals surface area contributed by atoms with Crippen molar-refractivity contribution in [3.63, 3.8) is 0 Å². The van der Waals surface area contributed by atoms with Crippen LogP contribution in [0.2, 0.25) is 5.02 Å². The van der Waals surface area contributed by atoms with E-state index in [-0.39, 0.29) is 48.2 Å². The van der Waals surface area contributed by atoms with Crippen molar-refractivity contribution in [2.75, 3.05) is 18.4 Å². The Morgan fingerprint density at radius 1 is 0.976 bits per heavy atom. The van der Waals surface area contributed by atoms with Crippen molar-refractivity contribution in [2.45, 2.75) is 45.7 Å². The summed E-state index contributed by atoms with van der Waals surface area (Å²) < 4.78 is 14.3. The molecule has 3 aromatic rings. The first-order valence-corrected chi connectivity index (χ1v) is 13.7. The normalized spacial score (nSPS) is 13.8. The third-order valence-corrected chi connectivity index (χ3v) is 6.97. The first kappa shape index (κ1) is 31.4. The van der Waals surface area contributed by atoms with E-state index in [0.29, 0.717) is 11.1 Å². The number of carbonyl (C=O) groups excluding carboxylic acids is 4. The Hall–Kier alpha value is -4.08. The Morgan fingerprint density at radius 2 is 1.61 bits per heavy atom. The molecular formula is C31H34ClFN4O4. The van der Waals surface area contributed by atoms with Gasteiger partial charge in [0.1, 0.15) is 6.04 Å². The van der Waals surface area contributed by atoms with E-state index in [1.54, 1.807) is 37.3 Å². The molecule has 10 heteroatoms. The van der Waals surface area contributed by atoms with Gasteiger partial charge in [-0.05, 0) is 36.2 Å². The molecule has 0 bridgehead atoms. The number of hydrogen-bond acceptors (Lipinski definition) is 5. The van der Waals surface area contributed by atoms with Gasteiger partial charge in [0.05, 0.1) is 17.3 Å². The number of halogens is 2. The fourth-order valence-corrected chi connectivity index (χ4v) is 4.54. The molecule has 0 saturated heterocycles. The number of aryl methyl sites for hydroxylation is 1. The molecule has 0 fully saturated rings. The van der Waals surface area contributed by atoms with Gasteiger partial charge >= 0.3 is 0 Å². The molecule has 0 spiro atoms. The van der Waals surface area contributed by atoms with Gasteiger partial charge in [-0.15, -0.1) is 0 Å². The zero-order chi connectivity index (χ0) is 29.9. The van der Waals surface area contributed by atoms with Crippen molar-refractivity contribution in [3.05, 3.63) is 99.8 Å². The van der Waals surface area contributed by atoms with Crippen LogP contribution < -0.4 is 16.4 Å². The molecule has 8 nitrogen and oxygen atoms in total. The molecule has 41 heavy (non-hydrogen) atoms. The van der Waals surface area contributed by atoms with Crippen LogP contribution in [0.1, 0.15) is 46.8 Å². The lowest BCUT2D eigenvalue weighted by atomic mass is 9.93. The summed E-state index contributed by atoms with van der Waals surface area (Å²) in [5, 5.41) is 4.87. The predicted octanol–water partition coefficient (Wildman–Crippen LogP) is 4.42. The first-order valence-electron chi connectivity index (χ1n) is 13.3. The minimum Gasteiger partial charge on any atom is -0.345 e. The standard InChI is InChI=1S/C29H27ClFN3O4.C2H7N/c1-18-11-12-22(28(31)27(18)30)33-25(36)16-32-29(38)23-15-20-9-5-6-10-21(20)17-34(23)26(37)14-13-24(35)19-7-3-2-4-8-19;1-2-3/h2-12,23H,13-17H2,1H3,(H,32,38)(H,33,36);2-3H2,1H3/t23-;/m0./s1. The minimum atomic E-state index is -0.859. The van der Waals surface area contributed by atoms with Crippen LogP contribution in [-0.2, 0) is 27.3 Å². The van der Waals surface area contributed by atoms with Gasteiger partial charge in [-0.2, -0.15) is 0 Å². The van der Waals surface area contributed by atoms with E-state index >= 15 is 0 Å². The van der Waals surface area contributed by atoms with Crippen molar-refractivity contribution >= 4 is 40.8 Å². The molecule has 216 valence electrons. The van der Waals surface area contributed by atoms with Gasteiger partial charge in [0, 0.05) is 31.4 Å². The Kier molecular flexibility index (Phi) is 11.6. The summed E-state index contributed by atoms with van der Waals surface area (Å²) in [6.07, 6.45) is 0.236. The Balaban J connectivity index is 0.00000147. The topological polar surface area (TPSA) is 122 Å². The number of amides is 3. The van der Waals surface area contributed by atoms with Crippen molar-refractivity contribution in [1.29, 1.82) is 0 Å². The van der Waals surface area contributed by atoms with E-state index in [0.717, 1.165) is 17.7 Å². The Labute approximate surface area is 244 Å². The first-order chi connectivity index (χ1) is 19.7. The lowest BCUT2D eigenvalue weighted by Crippen LogP contribution is -2.53. The van der Waals surface area contributed by atoms with Crippen molar-refractivity contribution in [2.24, 2.45) is 5.73 Å². The molecule has 1 aliphatic rings. The molecule has 1 aliphatic heterocycles. The van der Waals surface area contributed by atoms with E-state index in [1.807, 2.05) is 37.3 Å². The minimum absolute atomic E-state index is 0.0163. The quantitative estimate of drug-likeness (QED) is 0.341. The van der Waals surface area contributed by atoms with Crippen LogP contribution >= 0.6 is 11.6 Å². The van der Waals surface area contributed by atoms with E-state index in [1.165, 1.54) is 11.0 Å². The van der Waals surface area contributed by atoms with Crippen LogP contribution in [0.25, 0.3) is 0 Å². The highest BCUT2D eigenvalue weighted by Gasteiger charge is 2.34. The number of nitrogens with zero attached hydrogens (tertiary/aromatic N) is 1. The number of benzene rings is 3. The van der Waals surface area contributed by atoms with Crippen molar-refractivity contribution in [1.82, 2.24) is 10.2 Å². The van der Waals surface area contributed by atoms with Crippen molar-refractivity contribution < 1.29 is 23.6 Å². The highest BCUT2D eigenvalue weighted by molar-refractivity contribution is 6.31. The van der Waals surface area contributed by atoms with Gasteiger partial charge in [0.15, 0.2) is 11.6 Å². The maximum atomic E-state index is 14.3. The molecule has 0 unspecified atom stereocenters. The predicted molar refractivity (Wildman–Crippen MR) is 157 cm³/mol. The molecule has 0 radical (unpaired) electrons. The zero-order valence-corrected chi connectivity index (χ0v) is 23.8. The van der Waals surface area contributed by atoms with Gasteiger partial charge in [0.25, 0.3) is 0 Å². The van der Waals surface area contributed by atoms with E-state index in [4.69, 9.17) is 17.3 Å². The number of hydrogen-bond donors (Lipinski definition) is 3. The number of fused-ring (bicyclic) bond motifs is 1. The highest BCUT2D eigenvalue weighted by atomic mass is 35.5. The average molecular weight is 581 g/mol. The van der Waals surface area contributed by atoms with E-state index in [9.17, 15) is 23.6 Å². The third-order valence-electron chi connectivity index (χ3n) is 6.51. The molecular weight excluding hydrogens is 547 g/mol. The largest absolute Gasteiger partial charge is 0.345 e. The van der Waals surface area contributed by atoms with Gasteiger partial charge in [-0.1, -0.05) is 79.2 Å². The maximum absolute atomic E-state index is 14.3. The third kappa shape index (κ3) is 8.45. The van der Waals surface area contributed by atoms with Crippen LogP contribution in [0.4, 0.5) is 10.1 Å². The number of Topliss-reactive ketones (excluding diaryl/α,β-unsaturated/α-hetero) is 1.